The van der Waals surface area contributed by atoms with Crippen LogP contribution in [0.4, 0.5) is 0 Å². The van der Waals surface area contributed by atoms with E-state index in [-0.39, 0.29) is 17.6 Å². The number of nitrogens with one attached hydrogen (secondary N) is 1. The summed E-state index contributed by atoms with van der Waals surface area (Å²) >= 11 is 0. The van der Waals surface area contributed by atoms with Gasteiger partial charge in [-0.25, -0.2) is 4.79 Å². The smallest absolute Gasteiger partial charge is 0.343 e. The summed E-state index contributed by atoms with van der Waals surface area (Å²) in [4.78, 5) is 27.0. The molecule has 1 N–H and O–H groups in total. The van der Waals surface area contributed by atoms with E-state index in [9.17, 15) is 9.59 Å². The molecule has 2 aromatic rings. The molecule has 0 aliphatic rings. The van der Waals surface area contributed by atoms with E-state index >= 15 is 0 Å². The van der Waals surface area contributed by atoms with Crippen LogP contribution in [0.5, 0.6) is 5.75 Å². The van der Waals surface area contributed by atoms with E-state index in [1.165, 1.54) is 6.20 Å². The van der Waals surface area contributed by atoms with Crippen molar-refractivity contribution in [3.63, 3.8) is 0 Å². The van der Waals surface area contributed by atoms with Gasteiger partial charge in [0.05, 0.1) is 24.1 Å². The van der Waals surface area contributed by atoms with Crippen LogP contribution in [0.1, 0.15) is 24.2 Å². The molecule has 19 heavy (non-hydrogen) atoms. The molecule has 5 nitrogen and oxygen atoms in total. The normalized spacial score (nSPS) is 10.4. The Labute approximate surface area is 110 Å². The highest BCUT2D eigenvalue weighted by Gasteiger charge is 2.16. The van der Waals surface area contributed by atoms with Crippen LogP contribution in [0.3, 0.4) is 0 Å². The fraction of sp³-hybridized carbons (Fsp3) is 0.286. The predicted octanol–water partition coefficient (Wildman–Crippen LogP) is 2.10. The standard InChI is InChI=1S/C14H15NO4/c1-3-18-11-7-5-6-10-12(11)13(16)9(8-15-10)14(17)19-4-2/h5-8H,3-4H2,1-2H3,(H,15,16). The van der Waals surface area contributed by atoms with Gasteiger partial charge in [-0.05, 0) is 26.0 Å². The molecule has 0 amide bonds. The van der Waals surface area contributed by atoms with E-state index in [1.807, 2.05) is 6.92 Å². The number of pyridine rings is 1. The summed E-state index contributed by atoms with van der Waals surface area (Å²) in [6.45, 7) is 4.20. The third kappa shape index (κ3) is 2.45. The maximum absolute atomic E-state index is 12.3. The minimum atomic E-state index is -0.628. The average molecular weight is 261 g/mol. The molecule has 0 radical (unpaired) electrons. The lowest BCUT2D eigenvalue weighted by Crippen LogP contribution is -2.18. The van der Waals surface area contributed by atoms with Crippen LogP contribution in [-0.2, 0) is 4.74 Å². The van der Waals surface area contributed by atoms with Crippen molar-refractivity contribution in [1.29, 1.82) is 0 Å². The Hall–Kier alpha value is -2.30. The van der Waals surface area contributed by atoms with Crippen LogP contribution in [0.15, 0.2) is 29.2 Å². The van der Waals surface area contributed by atoms with Crippen molar-refractivity contribution in [2.24, 2.45) is 0 Å². The second kappa shape index (κ2) is 5.56. The topological polar surface area (TPSA) is 68.4 Å². The van der Waals surface area contributed by atoms with E-state index < -0.39 is 5.97 Å². The number of aromatic nitrogens is 1. The average Bonchev–Trinajstić information content (AvgIpc) is 2.39. The van der Waals surface area contributed by atoms with Crippen LogP contribution < -0.4 is 10.2 Å². The van der Waals surface area contributed by atoms with Crippen LogP contribution in [0, 0.1) is 0 Å². The number of benzene rings is 1. The SMILES string of the molecule is CCOC(=O)c1c[nH]c2cccc(OCC)c2c1=O. The molecule has 0 saturated carbocycles. The summed E-state index contributed by atoms with van der Waals surface area (Å²) in [7, 11) is 0. The van der Waals surface area contributed by atoms with Crippen LogP contribution in [-0.4, -0.2) is 24.2 Å². The lowest BCUT2D eigenvalue weighted by Gasteiger charge is -2.08. The number of rotatable bonds is 4. The largest absolute Gasteiger partial charge is 0.493 e. The Morgan fingerprint density at radius 3 is 2.74 bits per heavy atom. The van der Waals surface area contributed by atoms with Crippen molar-refractivity contribution in [2.75, 3.05) is 13.2 Å². The zero-order chi connectivity index (χ0) is 13.8. The first-order valence-electron chi connectivity index (χ1n) is 6.13. The molecule has 1 aromatic heterocycles. The fourth-order valence-electron chi connectivity index (χ4n) is 1.87. The van der Waals surface area contributed by atoms with E-state index in [4.69, 9.17) is 9.47 Å². The summed E-state index contributed by atoms with van der Waals surface area (Å²) in [5.74, 6) is -0.163. The van der Waals surface area contributed by atoms with Crippen molar-refractivity contribution in [3.05, 3.63) is 40.2 Å². The molecule has 100 valence electrons. The number of hydrogen-bond acceptors (Lipinski definition) is 4. The molecule has 5 heteroatoms. The van der Waals surface area contributed by atoms with Gasteiger partial charge in [-0.15, -0.1) is 0 Å². The van der Waals surface area contributed by atoms with Gasteiger partial charge in [0.15, 0.2) is 0 Å². The number of fused-ring (bicyclic) bond motifs is 1. The van der Waals surface area contributed by atoms with Crippen molar-refractivity contribution in [3.8, 4) is 5.75 Å². The molecule has 0 aliphatic carbocycles. The molecule has 0 aliphatic heterocycles. The highest BCUT2D eigenvalue weighted by atomic mass is 16.5. The van der Waals surface area contributed by atoms with Crippen molar-refractivity contribution >= 4 is 16.9 Å². The van der Waals surface area contributed by atoms with Gasteiger partial charge in [-0.1, -0.05) is 6.07 Å². The van der Waals surface area contributed by atoms with Crippen molar-refractivity contribution in [1.82, 2.24) is 4.98 Å². The first-order chi connectivity index (χ1) is 9.19. The number of carbonyl (C=O) groups is 1. The predicted molar refractivity (Wildman–Crippen MR) is 71.7 cm³/mol. The van der Waals surface area contributed by atoms with Crippen molar-refractivity contribution < 1.29 is 14.3 Å². The lowest BCUT2D eigenvalue weighted by atomic mass is 10.1. The molecular formula is C14H15NO4. The summed E-state index contributed by atoms with van der Waals surface area (Å²) in [5, 5.41) is 0.370. The zero-order valence-corrected chi connectivity index (χ0v) is 10.9. The first kappa shape index (κ1) is 13.1. The van der Waals surface area contributed by atoms with Gasteiger partial charge >= 0.3 is 5.97 Å². The summed E-state index contributed by atoms with van der Waals surface area (Å²) in [6.07, 6.45) is 1.37. The Morgan fingerprint density at radius 2 is 2.05 bits per heavy atom. The highest BCUT2D eigenvalue weighted by Crippen LogP contribution is 2.21. The van der Waals surface area contributed by atoms with Gasteiger partial charge in [-0.2, -0.15) is 0 Å². The van der Waals surface area contributed by atoms with Gasteiger partial charge in [0.1, 0.15) is 11.3 Å². The minimum Gasteiger partial charge on any atom is -0.493 e. The maximum Gasteiger partial charge on any atom is 0.343 e. The van der Waals surface area contributed by atoms with Crippen molar-refractivity contribution in [2.45, 2.75) is 13.8 Å². The van der Waals surface area contributed by atoms with Crippen LogP contribution in [0.2, 0.25) is 0 Å². The van der Waals surface area contributed by atoms with E-state index in [0.717, 1.165) is 0 Å². The molecule has 1 aromatic carbocycles. The van der Waals surface area contributed by atoms with Gasteiger partial charge in [-0.3, -0.25) is 4.79 Å². The third-order valence-corrected chi connectivity index (χ3v) is 2.67. The first-order valence-corrected chi connectivity index (χ1v) is 6.13. The summed E-state index contributed by atoms with van der Waals surface area (Å²) in [5.41, 5.74) is 0.238. The Bertz CT molecular complexity index is 660. The van der Waals surface area contributed by atoms with E-state index in [2.05, 4.69) is 4.98 Å². The molecule has 2 rings (SSSR count). The molecule has 0 spiro atoms. The number of esters is 1. The van der Waals surface area contributed by atoms with Gasteiger partial charge < -0.3 is 14.5 Å². The summed E-state index contributed by atoms with van der Waals surface area (Å²) in [6, 6.07) is 5.25. The highest BCUT2D eigenvalue weighted by molar-refractivity contribution is 5.95. The number of H-pyrrole nitrogens is 1. The number of hydrogen-bond donors (Lipinski definition) is 1. The lowest BCUT2D eigenvalue weighted by molar-refractivity contribution is 0.0524. The third-order valence-electron chi connectivity index (χ3n) is 2.67. The van der Waals surface area contributed by atoms with E-state index in [0.29, 0.717) is 23.3 Å². The number of carbonyl (C=O) groups excluding carboxylic acids is 1. The van der Waals surface area contributed by atoms with Crippen LogP contribution in [0.25, 0.3) is 10.9 Å². The Morgan fingerprint density at radius 1 is 1.26 bits per heavy atom. The van der Waals surface area contributed by atoms with Crippen LogP contribution >= 0.6 is 0 Å². The molecule has 0 unspecified atom stereocenters. The maximum atomic E-state index is 12.3. The Balaban J connectivity index is 2.65. The van der Waals surface area contributed by atoms with Gasteiger partial charge in [0.25, 0.3) is 0 Å². The van der Waals surface area contributed by atoms with Gasteiger partial charge in [0, 0.05) is 6.20 Å². The molecule has 0 saturated heterocycles. The Kier molecular flexibility index (Phi) is 3.85. The van der Waals surface area contributed by atoms with E-state index in [1.54, 1.807) is 25.1 Å². The molecular weight excluding hydrogens is 246 g/mol. The molecule has 0 fully saturated rings. The quantitative estimate of drug-likeness (QED) is 0.856. The van der Waals surface area contributed by atoms with Gasteiger partial charge in [0.2, 0.25) is 5.43 Å². The monoisotopic (exact) mass is 261 g/mol. The zero-order valence-electron chi connectivity index (χ0n) is 10.9. The second-order valence-electron chi connectivity index (χ2n) is 3.86. The number of ether oxygens (including phenoxy) is 2. The minimum absolute atomic E-state index is 0.0125. The molecule has 1 heterocycles. The summed E-state index contributed by atoms with van der Waals surface area (Å²) < 4.78 is 10.3. The molecule has 0 bridgehead atoms. The number of aromatic amines is 1. The molecule has 0 atom stereocenters. The second-order valence-corrected chi connectivity index (χ2v) is 3.86. The fourth-order valence-corrected chi connectivity index (χ4v) is 1.87.